The third-order valence-electron chi connectivity index (χ3n) is 2.24. The molecule has 1 N–H and O–H groups in total. The molecule has 0 aliphatic carbocycles. The number of hydrogen-bond acceptors (Lipinski definition) is 1. The van der Waals surface area contributed by atoms with E-state index < -0.39 is 0 Å². The van der Waals surface area contributed by atoms with Crippen molar-refractivity contribution in [3.05, 3.63) is 7.05 Å². The van der Waals surface area contributed by atoms with E-state index in [-0.39, 0.29) is 0 Å². The van der Waals surface area contributed by atoms with Crippen molar-refractivity contribution in [2.45, 2.75) is 19.4 Å². The van der Waals surface area contributed by atoms with Gasteiger partial charge in [-0.25, -0.2) is 0 Å². The number of methoxy groups -OCH3 is 1. The molecule has 10 heavy (non-hydrogen) atoms. The zero-order valence-corrected chi connectivity index (χ0v) is 6.89. The van der Waals surface area contributed by atoms with Gasteiger partial charge in [0.1, 0.15) is 0 Å². The van der Waals surface area contributed by atoms with Crippen LogP contribution in [0.25, 0.3) is 0 Å². The Balaban J connectivity index is 2.31. The molecule has 1 unspecified atom stereocenters. The summed E-state index contributed by atoms with van der Waals surface area (Å²) in [6.45, 7) is 4.35. The van der Waals surface area contributed by atoms with Gasteiger partial charge in [0.25, 0.3) is 0 Å². The van der Waals surface area contributed by atoms with Gasteiger partial charge in [0.2, 0.25) is 0 Å². The van der Waals surface area contributed by atoms with Crippen LogP contribution in [-0.2, 0) is 4.74 Å². The van der Waals surface area contributed by atoms with Crippen LogP contribution in [0.3, 0.4) is 0 Å². The van der Waals surface area contributed by atoms with Crippen molar-refractivity contribution < 1.29 is 9.64 Å². The van der Waals surface area contributed by atoms with Crippen molar-refractivity contribution in [3.8, 4) is 0 Å². The highest BCUT2D eigenvalue weighted by atomic mass is 16.5. The van der Waals surface area contributed by atoms with Gasteiger partial charge in [-0.3, -0.25) is 0 Å². The van der Waals surface area contributed by atoms with Gasteiger partial charge < -0.3 is 9.64 Å². The maximum Gasteiger partial charge on any atom is 0.0959 e. The lowest BCUT2D eigenvalue weighted by molar-refractivity contribution is -0.868. The molecule has 60 valence electrons. The topological polar surface area (TPSA) is 13.7 Å². The standard InChI is InChI=1S/C8H17NO/c1-7-4-8(6-10-3)9(2)5-7/h7-9H,2,4-6H2,1,3H3/t7-,8+/m1/s1. The Morgan fingerprint density at radius 2 is 2.40 bits per heavy atom. The molecule has 0 bridgehead atoms. The Bertz CT molecular complexity index is 105. The highest BCUT2D eigenvalue weighted by molar-refractivity contribution is 4.67. The lowest BCUT2D eigenvalue weighted by Gasteiger charge is -2.21. The molecule has 0 aromatic heterocycles. The monoisotopic (exact) mass is 143 g/mol. The number of quaternary nitrogens is 1. The molecule has 1 saturated heterocycles. The van der Waals surface area contributed by atoms with Crippen molar-refractivity contribution in [1.82, 2.24) is 0 Å². The Kier molecular flexibility index (Phi) is 2.69. The summed E-state index contributed by atoms with van der Waals surface area (Å²) in [5.41, 5.74) is 0. The second-order valence-electron chi connectivity index (χ2n) is 3.36. The van der Waals surface area contributed by atoms with E-state index in [2.05, 4.69) is 14.0 Å². The van der Waals surface area contributed by atoms with Crippen molar-refractivity contribution in [2.24, 2.45) is 5.92 Å². The van der Waals surface area contributed by atoms with Crippen molar-refractivity contribution in [3.63, 3.8) is 0 Å². The highest BCUT2D eigenvalue weighted by Crippen LogP contribution is 2.07. The molecular formula is C8H17NO. The lowest BCUT2D eigenvalue weighted by atomic mass is 10.1. The zero-order chi connectivity index (χ0) is 7.56. The first kappa shape index (κ1) is 8.02. The first-order valence-corrected chi connectivity index (χ1v) is 3.90. The maximum absolute atomic E-state index is 5.08. The summed E-state index contributed by atoms with van der Waals surface area (Å²) in [5, 5.41) is 0. The molecule has 1 rings (SSSR count). The van der Waals surface area contributed by atoms with Crippen LogP contribution < -0.4 is 4.90 Å². The fourth-order valence-electron chi connectivity index (χ4n) is 1.74. The van der Waals surface area contributed by atoms with Crippen LogP contribution in [0.1, 0.15) is 13.3 Å². The summed E-state index contributed by atoms with van der Waals surface area (Å²) in [6.07, 6.45) is 1.27. The number of ether oxygens (including phenoxy) is 1. The van der Waals surface area contributed by atoms with Gasteiger partial charge in [0.05, 0.1) is 19.2 Å². The third-order valence-corrected chi connectivity index (χ3v) is 2.24. The number of likely N-dealkylation sites (tertiary alicyclic amines) is 1. The first-order chi connectivity index (χ1) is 4.74. The van der Waals surface area contributed by atoms with Gasteiger partial charge in [0.15, 0.2) is 0 Å². The van der Waals surface area contributed by atoms with Gasteiger partial charge >= 0.3 is 0 Å². The summed E-state index contributed by atoms with van der Waals surface area (Å²) in [5.74, 6) is 0.827. The van der Waals surface area contributed by atoms with E-state index >= 15 is 0 Å². The molecule has 1 aliphatic heterocycles. The second kappa shape index (κ2) is 3.35. The Labute approximate surface area is 63.2 Å². The Morgan fingerprint density at radius 1 is 1.70 bits per heavy atom. The number of rotatable bonds is 2. The molecular weight excluding hydrogens is 126 g/mol. The van der Waals surface area contributed by atoms with E-state index in [0.717, 1.165) is 12.5 Å². The maximum atomic E-state index is 5.08. The predicted molar refractivity (Wildman–Crippen MR) is 40.6 cm³/mol. The van der Waals surface area contributed by atoms with Gasteiger partial charge in [-0.2, -0.15) is 7.05 Å². The fraction of sp³-hybridized carbons (Fsp3) is 0.875. The van der Waals surface area contributed by atoms with E-state index in [1.54, 1.807) is 7.11 Å². The molecule has 0 amide bonds. The van der Waals surface area contributed by atoms with E-state index in [4.69, 9.17) is 4.74 Å². The first-order valence-electron chi connectivity index (χ1n) is 3.90. The largest absolute Gasteiger partial charge is 0.463 e. The molecule has 0 aromatic carbocycles. The predicted octanol–water partition coefficient (Wildman–Crippen LogP) is -0.282. The Hall–Kier alpha value is -0.0800. The van der Waals surface area contributed by atoms with Crippen molar-refractivity contribution in [2.75, 3.05) is 20.3 Å². The second-order valence-corrected chi connectivity index (χ2v) is 3.36. The summed E-state index contributed by atoms with van der Waals surface area (Å²) in [7, 11) is 5.78. The van der Waals surface area contributed by atoms with Crippen molar-refractivity contribution in [1.29, 1.82) is 0 Å². The van der Waals surface area contributed by atoms with Crippen LogP contribution in [0.4, 0.5) is 0 Å². The SMILES string of the molecule is [CH2-][NH+]1C[C@H](C)C[C@H]1COC. The van der Waals surface area contributed by atoms with Gasteiger partial charge in [-0.1, -0.05) is 6.92 Å². The van der Waals surface area contributed by atoms with Crippen LogP contribution in [0.5, 0.6) is 0 Å². The van der Waals surface area contributed by atoms with Crippen molar-refractivity contribution >= 4 is 0 Å². The number of nitrogens with one attached hydrogen (secondary N) is 1. The minimum Gasteiger partial charge on any atom is -0.463 e. The van der Waals surface area contributed by atoms with Crippen LogP contribution in [0.2, 0.25) is 0 Å². The normalized spacial score (nSPS) is 40.5. The molecule has 1 heterocycles. The smallest absolute Gasteiger partial charge is 0.0959 e. The van der Waals surface area contributed by atoms with Crippen LogP contribution >= 0.6 is 0 Å². The Morgan fingerprint density at radius 3 is 2.80 bits per heavy atom. The van der Waals surface area contributed by atoms with E-state index in [1.807, 2.05) is 0 Å². The summed E-state index contributed by atoms with van der Waals surface area (Å²) < 4.78 is 5.08. The minimum absolute atomic E-state index is 0.639. The fourth-order valence-corrected chi connectivity index (χ4v) is 1.74. The average molecular weight is 143 g/mol. The summed E-state index contributed by atoms with van der Waals surface area (Å²) in [4.78, 5) is 1.38. The third kappa shape index (κ3) is 1.70. The quantitative estimate of drug-likeness (QED) is 0.525. The van der Waals surface area contributed by atoms with Crippen LogP contribution in [-0.4, -0.2) is 26.3 Å². The van der Waals surface area contributed by atoms with Gasteiger partial charge in [-0.15, -0.1) is 0 Å². The van der Waals surface area contributed by atoms with Gasteiger partial charge in [-0.05, 0) is 0 Å². The average Bonchev–Trinajstić information content (AvgIpc) is 2.13. The molecule has 0 radical (unpaired) electrons. The lowest BCUT2D eigenvalue weighted by Crippen LogP contribution is -3.09. The molecule has 0 saturated carbocycles. The minimum atomic E-state index is 0.639. The van der Waals surface area contributed by atoms with Crippen LogP contribution in [0, 0.1) is 13.0 Å². The summed E-state index contributed by atoms with van der Waals surface area (Å²) in [6, 6.07) is 0.639. The molecule has 0 aromatic rings. The molecule has 2 heteroatoms. The summed E-state index contributed by atoms with van der Waals surface area (Å²) >= 11 is 0. The van der Waals surface area contributed by atoms with Gasteiger partial charge in [0, 0.05) is 19.4 Å². The number of hydrogen-bond donors (Lipinski definition) is 1. The van der Waals surface area contributed by atoms with Crippen LogP contribution in [0.15, 0.2) is 0 Å². The van der Waals surface area contributed by atoms with E-state index in [0.29, 0.717) is 6.04 Å². The molecule has 1 aliphatic rings. The molecule has 3 atom stereocenters. The molecule has 1 fully saturated rings. The van der Waals surface area contributed by atoms with E-state index in [1.165, 1.54) is 17.9 Å². The molecule has 2 nitrogen and oxygen atoms in total. The van der Waals surface area contributed by atoms with E-state index in [9.17, 15) is 0 Å². The molecule has 0 spiro atoms. The highest BCUT2D eigenvalue weighted by Gasteiger charge is 2.26. The zero-order valence-electron chi connectivity index (χ0n) is 6.89.